The van der Waals surface area contributed by atoms with Crippen molar-refractivity contribution in [2.24, 2.45) is 0 Å². The highest BCUT2D eigenvalue weighted by atomic mass is 16.2. The number of imidazole rings is 1. The third kappa shape index (κ3) is 3.90. The summed E-state index contributed by atoms with van der Waals surface area (Å²) >= 11 is 0. The molecule has 0 aliphatic carbocycles. The van der Waals surface area contributed by atoms with Crippen molar-refractivity contribution in [3.8, 4) is 0 Å². The maximum Gasteiger partial charge on any atom is 0.326 e. The van der Waals surface area contributed by atoms with Crippen LogP contribution >= 0.6 is 0 Å². The number of carbonyl (C=O) groups is 1. The Labute approximate surface area is 181 Å². The number of benzene rings is 1. The molecule has 0 spiro atoms. The first-order chi connectivity index (χ1) is 15.1. The summed E-state index contributed by atoms with van der Waals surface area (Å²) in [6, 6.07) is 12.5. The Hall–Kier alpha value is -2.93. The van der Waals surface area contributed by atoms with Gasteiger partial charge in [0, 0.05) is 50.2 Å². The second kappa shape index (κ2) is 8.30. The number of rotatable bonds is 3. The van der Waals surface area contributed by atoms with Crippen LogP contribution in [0.2, 0.25) is 0 Å². The molecule has 0 radical (unpaired) electrons. The number of aryl methyl sites for hydroxylation is 1. The Kier molecular flexibility index (Phi) is 5.36. The summed E-state index contributed by atoms with van der Waals surface area (Å²) in [5.41, 5.74) is 3.51. The molecule has 1 amide bonds. The molecule has 5 rings (SSSR count). The molecule has 2 fully saturated rings. The zero-order valence-electron chi connectivity index (χ0n) is 18.0. The number of pyridine rings is 1. The van der Waals surface area contributed by atoms with Gasteiger partial charge in [0.25, 0.3) is 5.91 Å². The number of amides is 1. The van der Waals surface area contributed by atoms with Crippen LogP contribution in [0, 0.1) is 6.92 Å². The van der Waals surface area contributed by atoms with E-state index in [0.717, 1.165) is 68.6 Å². The fourth-order valence-electron chi connectivity index (χ4n) is 5.16. The fraction of sp³-hybridized carbons (Fsp3) is 0.458. The minimum atomic E-state index is -0.00272. The van der Waals surface area contributed by atoms with Gasteiger partial charge in [0.05, 0.1) is 16.6 Å². The van der Waals surface area contributed by atoms with Crippen molar-refractivity contribution < 1.29 is 4.79 Å². The summed E-state index contributed by atoms with van der Waals surface area (Å²) in [4.78, 5) is 37.0. The first kappa shape index (κ1) is 20.0. The van der Waals surface area contributed by atoms with Gasteiger partial charge in [0.1, 0.15) is 0 Å². The van der Waals surface area contributed by atoms with Crippen LogP contribution < -0.4 is 5.69 Å². The van der Waals surface area contributed by atoms with Crippen LogP contribution in [0.1, 0.15) is 47.8 Å². The van der Waals surface area contributed by atoms with E-state index in [1.54, 1.807) is 6.20 Å². The van der Waals surface area contributed by atoms with Gasteiger partial charge in [-0.3, -0.25) is 14.3 Å². The molecule has 3 aromatic rings. The zero-order chi connectivity index (χ0) is 21.4. The maximum absolute atomic E-state index is 12.7. The van der Waals surface area contributed by atoms with Crippen LogP contribution in [0.4, 0.5) is 0 Å². The lowest BCUT2D eigenvalue weighted by Crippen LogP contribution is -2.49. The molecule has 2 aliphatic rings. The van der Waals surface area contributed by atoms with Gasteiger partial charge in [-0.05, 0) is 56.9 Å². The number of nitrogens with one attached hydrogen (secondary N) is 1. The minimum absolute atomic E-state index is 0.00272. The summed E-state index contributed by atoms with van der Waals surface area (Å²) in [7, 11) is 0. The van der Waals surface area contributed by atoms with Gasteiger partial charge >= 0.3 is 5.69 Å². The summed E-state index contributed by atoms with van der Waals surface area (Å²) in [5.74, 6) is 0.0865. The van der Waals surface area contributed by atoms with Crippen molar-refractivity contribution in [3.05, 3.63) is 64.3 Å². The lowest BCUT2D eigenvalue weighted by atomic mass is 9.97. The largest absolute Gasteiger partial charge is 0.338 e. The van der Waals surface area contributed by atoms with E-state index in [0.29, 0.717) is 11.6 Å². The molecule has 2 aromatic heterocycles. The molecular weight excluding hydrogens is 390 g/mol. The molecular formula is C24H29N5O2. The van der Waals surface area contributed by atoms with Crippen LogP contribution in [0.15, 0.2) is 47.4 Å². The normalized spacial score (nSPS) is 19.2. The van der Waals surface area contributed by atoms with E-state index in [4.69, 9.17) is 0 Å². The predicted molar refractivity (Wildman–Crippen MR) is 120 cm³/mol. The van der Waals surface area contributed by atoms with Crippen molar-refractivity contribution in [2.45, 2.75) is 44.7 Å². The van der Waals surface area contributed by atoms with Crippen LogP contribution in [-0.2, 0) is 0 Å². The second-order valence-electron chi connectivity index (χ2n) is 8.80. The smallest absolute Gasteiger partial charge is 0.326 e. The zero-order valence-corrected chi connectivity index (χ0v) is 18.0. The first-order valence-corrected chi connectivity index (χ1v) is 11.3. The van der Waals surface area contributed by atoms with E-state index in [1.807, 2.05) is 52.8 Å². The number of carbonyl (C=O) groups excluding carboxylic acids is 1. The molecule has 0 unspecified atom stereocenters. The molecule has 0 saturated carbocycles. The van der Waals surface area contributed by atoms with Gasteiger partial charge in [-0.1, -0.05) is 12.1 Å². The van der Waals surface area contributed by atoms with Gasteiger partial charge in [0.2, 0.25) is 0 Å². The number of nitrogens with zero attached hydrogens (tertiary/aromatic N) is 4. The van der Waals surface area contributed by atoms with Gasteiger partial charge in [-0.25, -0.2) is 4.79 Å². The monoisotopic (exact) mass is 419 g/mol. The Morgan fingerprint density at radius 1 is 0.968 bits per heavy atom. The maximum atomic E-state index is 12.7. The Bertz CT molecular complexity index is 1120. The van der Waals surface area contributed by atoms with Crippen molar-refractivity contribution >= 4 is 16.9 Å². The highest BCUT2D eigenvalue weighted by Crippen LogP contribution is 2.28. The molecule has 0 bridgehead atoms. The number of H-pyrrole nitrogens is 1. The van der Waals surface area contributed by atoms with E-state index < -0.39 is 0 Å². The average molecular weight is 420 g/mol. The number of aromatic nitrogens is 3. The summed E-state index contributed by atoms with van der Waals surface area (Å²) in [5, 5.41) is 0. The number of hydrogen-bond donors (Lipinski definition) is 1. The molecule has 1 aromatic carbocycles. The third-order valence-corrected chi connectivity index (χ3v) is 6.91. The molecule has 31 heavy (non-hydrogen) atoms. The molecule has 7 nitrogen and oxygen atoms in total. The van der Waals surface area contributed by atoms with E-state index in [1.165, 1.54) is 0 Å². The van der Waals surface area contributed by atoms with Crippen LogP contribution in [0.5, 0.6) is 0 Å². The third-order valence-electron chi connectivity index (χ3n) is 6.91. The van der Waals surface area contributed by atoms with Gasteiger partial charge in [0.15, 0.2) is 0 Å². The average Bonchev–Trinajstić information content (AvgIpc) is 3.15. The topological polar surface area (TPSA) is 74.2 Å². The highest BCUT2D eigenvalue weighted by Gasteiger charge is 2.31. The molecule has 4 heterocycles. The Morgan fingerprint density at radius 2 is 1.68 bits per heavy atom. The standard InChI is InChI=1S/C24H29N5O2/c1-17-6-7-18(16-25-17)23(30)28-14-8-19(9-15-28)27-12-10-20(11-13-27)29-22-5-3-2-4-21(22)26-24(29)31/h2-7,16,19-20H,8-15H2,1H3,(H,26,31). The van der Waals surface area contributed by atoms with E-state index in [9.17, 15) is 9.59 Å². The van der Waals surface area contributed by atoms with Crippen molar-refractivity contribution in [3.63, 3.8) is 0 Å². The Morgan fingerprint density at radius 3 is 2.39 bits per heavy atom. The molecule has 2 saturated heterocycles. The molecule has 1 N–H and O–H groups in total. The Balaban J connectivity index is 1.18. The van der Waals surface area contributed by atoms with E-state index in [-0.39, 0.29) is 17.6 Å². The highest BCUT2D eigenvalue weighted by molar-refractivity contribution is 5.94. The first-order valence-electron chi connectivity index (χ1n) is 11.3. The van der Waals surface area contributed by atoms with Gasteiger partial charge in [-0.2, -0.15) is 0 Å². The van der Waals surface area contributed by atoms with Crippen LogP contribution in [0.3, 0.4) is 0 Å². The SMILES string of the molecule is Cc1ccc(C(=O)N2CCC(N3CCC(n4c(=O)[nH]c5ccccc54)CC3)CC2)cn1. The van der Waals surface area contributed by atoms with E-state index in [2.05, 4.69) is 14.9 Å². The lowest BCUT2D eigenvalue weighted by molar-refractivity contribution is 0.0557. The number of hydrogen-bond acceptors (Lipinski definition) is 4. The summed E-state index contributed by atoms with van der Waals surface area (Å²) in [6.07, 6.45) is 5.65. The lowest BCUT2D eigenvalue weighted by Gasteiger charge is -2.42. The molecule has 7 heteroatoms. The summed E-state index contributed by atoms with van der Waals surface area (Å²) < 4.78 is 1.95. The predicted octanol–water partition coefficient (Wildman–Crippen LogP) is 2.97. The number of likely N-dealkylation sites (tertiary alicyclic amines) is 2. The van der Waals surface area contributed by atoms with Gasteiger partial charge < -0.3 is 14.8 Å². The number of fused-ring (bicyclic) bond motifs is 1. The minimum Gasteiger partial charge on any atom is -0.338 e. The van der Waals surface area contributed by atoms with Crippen LogP contribution in [-0.4, -0.2) is 62.5 Å². The molecule has 162 valence electrons. The number of para-hydroxylation sites is 2. The molecule has 0 atom stereocenters. The number of aromatic amines is 1. The number of piperidine rings is 2. The second-order valence-corrected chi connectivity index (χ2v) is 8.80. The fourth-order valence-corrected chi connectivity index (χ4v) is 5.16. The van der Waals surface area contributed by atoms with E-state index >= 15 is 0 Å². The van der Waals surface area contributed by atoms with Gasteiger partial charge in [-0.15, -0.1) is 0 Å². The van der Waals surface area contributed by atoms with Crippen LogP contribution in [0.25, 0.3) is 11.0 Å². The molecule has 2 aliphatic heterocycles. The van der Waals surface area contributed by atoms with Crippen molar-refractivity contribution in [2.75, 3.05) is 26.2 Å². The van der Waals surface area contributed by atoms with Crippen molar-refractivity contribution in [1.82, 2.24) is 24.3 Å². The summed E-state index contributed by atoms with van der Waals surface area (Å²) in [6.45, 7) is 5.50. The quantitative estimate of drug-likeness (QED) is 0.708. The van der Waals surface area contributed by atoms with Crippen molar-refractivity contribution in [1.29, 1.82) is 0 Å².